The zero-order valence-electron chi connectivity index (χ0n) is 20.0. The van der Waals surface area contributed by atoms with Crippen LogP contribution in [0.3, 0.4) is 0 Å². The lowest BCUT2D eigenvalue weighted by atomic mass is 10.00. The third kappa shape index (κ3) is 4.54. The Morgan fingerprint density at radius 3 is 2.62 bits per heavy atom. The summed E-state index contributed by atoms with van der Waals surface area (Å²) in [5, 5.41) is 16.3. The molecule has 2 N–H and O–H groups in total. The molecule has 0 unspecified atom stereocenters. The summed E-state index contributed by atoms with van der Waals surface area (Å²) < 4.78 is 3.32. The van der Waals surface area contributed by atoms with Gasteiger partial charge in [0.15, 0.2) is 11.4 Å². The Balaban J connectivity index is 1.17. The fraction of sp³-hybridized carbons (Fsp3) is 0.143. The average Bonchev–Trinajstić information content (AvgIpc) is 3.53. The summed E-state index contributed by atoms with van der Waals surface area (Å²) in [5.41, 5.74) is 10.3. The average molecular weight is 489 g/mol. The van der Waals surface area contributed by atoms with Crippen LogP contribution in [0.2, 0.25) is 0 Å². The third-order valence-electron chi connectivity index (χ3n) is 6.40. The second-order valence-corrected chi connectivity index (χ2v) is 8.91. The molecule has 0 saturated carbocycles. The molecule has 0 atom stereocenters. The molecule has 3 aromatic heterocycles. The van der Waals surface area contributed by atoms with Crippen LogP contribution in [0.25, 0.3) is 33.1 Å². The van der Waals surface area contributed by atoms with Gasteiger partial charge in [0.05, 0.1) is 18.1 Å². The highest BCUT2D eigenvalue weighted by atomic mass is 16.1. The van der Waals surface area contributed by atoms with Crippen molar-refractivity contribution in [2.45, 2.75) is 25.9 Å². The molecule has 0 saturated heterocycles. The molecule has 0 aliphatic rings. The smallest absolute Gasteiger partial charge is 0.164 e. The highest BCUT2D eigenvalue weighted by Gasteiger charge is 2.18. The largest absolute Gasteiger partial charge is 0.383 e. The van der Waals surface area contributed by atoms with Crippen molar-refractivity contribution >= 4 is 33.4 Å². The molecule has 0 amide bonds. The number of nitrogens with zero attached hydrogens (tertiary/aromatic N) is 7. The van der Waals surface area contributed by atoms with Gasteiger partial charge in [0.25, 0.3) is 0 Å². The van der Waals surface area contributed by atoms with E-state index in [9.17, 15) is 4.79 Å². The number of benzene rings is 3. The number of anilines is 1. The van der Waals surface area contributed by atoms with E-state index in [0.29, 0.717) is 47.6 Å². The summed E-state index contributed by atoms with van der Waals surface area (Å²) in [6.07, 6.45) is 4.32. The minimum absolute atomic E-state index is 0.0980. The van der Waals surface area contributed by atoms with Crippen molar-refractivity contribution < 1.29 is 4.79 Å². The molecule has 0 spiro atoms. The molecular formula is C28H24N8O. The maximum atomic E-state index is 12.7. The number of rotatable bonds is 8. The first-order valence-electron chi connectivity index (χ1n) is 12.1. The Kier molecular flexibility index (Phi) is 5.86. The molecule has 9 nitrogen and oxygen atoms in total. The van der Waals surface area contributed by atoms with E-state index in [-0.39, 0.29) is 12.3 Å². The van der Waals surface area contributed by atoms with E-state index < -0.39 is 0 Å². The van der Waals surface area contributed by atoms with Crippen molar-refractivity contribution in [2.24, 2.45) is 0 Å². The van der Waals surface area contributed by atoms with Crippen molar-refractivity contribution in [3.8, 4) is 11.3 Å². The lowest BCUT2D eigenvalue weighted by Crippen LogP contribution is -2.11. The van der Waals surface area contributed by atoms with Gasteiger partial charge in [0, 0.05) is 12.0 Å². The molecule has 3 heterocycles. The number of nitrogens with two attached hydrogens (primary N) is 1. The summed E-state index contributed by atoms with van der Waals surface area (Å²) in [5.74, 6) is 0.469. The van der Waals surface area contributed by atoms with Crippen molar-refractivity contribution in [2.75, 3.05) is 5.73 Å². The Bertz CT molecular complexity index is 1720. The van der Waals surface area contributed by atoms with Crippen LogP contribution in [0, 0.1) is 0 Å². The molecular weight excluding hydrogens is 464 g/mol. The van der Waals surface area contributed by atoms with E-state index in [0.717, 1.165) is 5.56 Å². The Morgan fingerprint density at radius 1 is 0.919 bits per heavy atom. The number of carbonyl (C=O) groups is 1. The molecule has 0 bridgehead atoms. The summed E-state index contributed by atoms with van der Waals surface area (Å²) in [4.78, 5) is 21.3. The van der Waals surface area contributed by atoms with E-state index in [1.165, 1.54) is 22.7 Å². The van der Waals surface area contributed by atoms with Gasteiger partial charge in [-0.25, -0.2) is 19.3 Å². The first-order valence-corrected chi connectivity index (χ1v) is 12.1. The number of carbonyl (C=O) groups excluding carboxylic acids is 1. The molecule has 3 aromatic carbocycles. The molecule has 182 valence electrons. The molecule has 0 aliphatic heterocycles. The van der Waals surface area contributed by atoms with E-state index in [4.69, 9.17) is 10.8 Å². The normalized spacial score (nSPS) is 11.4. The molecule has 37 heavy (non-hydrogen) atoms. The van der Waals surface area contributed by atoms with Crippen LogP contribution in [0.1, 0.15) is 17.7 Å². The third-order valence-corrected chi connectivity index (χ3v) is 6.40. The Morgan fingerprint density at radius 2 is 1.73 bits per heavy atom. The number of fused-ring (bicyclic) bond motifs is 2. The van der Waals surface area contributed by atoms with Crippen LogP contribution < -0.4 is 5.73 Å². The number of hydrogen-bond donors (Lipinski definition) is 1. The zero-order valence-corrected chi connectivity index (χ0v) is 20.0. The fourth-order valence-corrected chi connectivity index (χ4v) is 4.62. The first-order chi connectivity index (χ1) is 18.2. The number of aryl methyl sites for hydroxylation is 1. The van der Waals surface area contributed by atoms with Gasteiger partial charge in [-0.2, -0.15) is 5.10 Å². The zero-order chi connectivity index (χ0) is 25.2. The molecule has 0 fully saturated rings. The molecule has 6 rings (SSSR count). The van der Waals surface area contributed by atoms with Gasteiger partial charge >= 0.3 is 0 Å². The maximum absolute atomic E-state index is 12.7. The fourth-order valence-electron chi connectivity index (χ4n) is 4.62. The van der Waals surface area contributed by atoms with Crippen LogP contribution in [0.5, 0.6) is 0 Å². The van der Waals surface area contributed by atoms with Gasteiger partial charge in [-0.05, 0) is 22.8 Å². The van der Waals surface area contributed by atoms with Crippen LogP contribution in [-0.4, -0.2) is 40.5 Å². The lowest BCUT2D eigenvalue weighted by molar-refractivity contribution is -0.119. The van der Waals surface area contributed by atoms with E-state index in [1.807, 2.05) is 48.5 Å². The van der Waals surface area contributed by atoms with E-state index in [1.54, 1.807) is 15.6 Å². The highest BCUT2D eigenvalue weighted by molar-refractivity contribution is 5.98. The SMILES string of the molecule is Nc1ncnc2c1c(-c1ccccc1)nn2Cc1cn(CC(=O)CCc2cccc3ccccc23)nn1. The predicted molar refractivity (Wildman–Crippen MR) is 142 cm³/mol. The minimum Gasteiger partial charge on any atom is -0.383 e. The number of ketones is 1. The van der Waals surface area contributed by atoms with Crippen LogP contribution in [-0.2, 0) is 24.3 Å². The first kappa shape index (κ1) is 22.5. The minimum atomic E-state index is 0.0980. The number of nitrogen functional groups attached to an aromatic ring is 1. The van der Waals surface area contributed by atoms with Crippen molar-refractivity contribution in [1.29, 1.82) is 0 Å². The van der Waals surface area contributed by atoms with Crippen molar-refractivity contribution in [3.63, 3.8) is 0 Å². The molecule has 0 aliphatic carbocycles. The molecule has 9 heteroatoms. The number of Topliss-reactive ketones (excluding diaryl/α,β-unsaturated/α-hetero) is 1. The lowest BCUT2D eigenvalue weighted by Gasteiger charge is -2.06. The van der Waals surface area contributed by atoms with Crippen molar-refractivity contribution in [3.05, 3.63) is 96.6 Å². The maximum Gasteiger partial charge on any atom is 0.164 e. The summed E-state index contributed by atoms with van der Waals surface area (Å²) >= 11 is 0. The summed E-state index contributed by atoms with van der Waals surface area (Å²) in [6.45, 7) is 0.506. The standard InChI is InChI=1S/C28H24N8O/c29-27-25-26(21-8-2-1-3-9-21)33-36(28(25)31-18-30-27)16-22-15-35(34-32-22)17-23(37)14-13-20-11-6-10-19-7-4-5-12-24(19)20/h1-12,15,18H,13-14,16-17H2,(H2,29,30,31). The number of aromatic nitrogens is 7. The Labute approximate surface area is 212 Å². The van der Waals surface area contributed by atoms with Crippen LogP contribution in [0.4, 0.5) is 5.82 Å². The van der Waals surface area contributed by atoms with Gasteiger partial charge in [-0.3, -0.25) is 4.79 Å². The quantitative estimate of drug-likeness (QED) is 0.343. The topological polar surface area (TPSA) is 117 Å². The summed E-state index contributed by atoms with van der Waals surface area (Å²) in [6, 6.07) is 24.2. The van der Waals surface area contributed by atoms with Gasteiger partial charge in [0.2, 0.25) is 0 Å². The second-order valence-electron chi connectivity index (χ2n) is 8.91. The number of hydrogen-bond acceptors (Lipinski definition) is 7. The van der Waals surface area contributed by atoms with Gasteiger partial charge in [0.1, 0.15) is 30.1 Å². The van der Waals surface area contributed by atoms with Gasteiger partial charge in [-0.1, -0.05) is 78.0 Å². The molecule has 0 radical (unpaired) electrons. The second kappa shape index (κ2) is 9.62. The van der Waals surface area contributed by atoms with E-state index in [2.05, 4.69) is 44.5 Å². The predicted octanol–water partition coefficient (Wildman–Crippen LogP) is 4.07. The summed E-state index contributed by atoms with van der Waals surface area (Å²) in [7, 11) is 0. The molecule has 6 aromatic rings. The van der Waals surface area contributed by atoms with E-state index >= 15 is 0 Å². The van der Waals surface area contributed by atoms with Crippen molar-refractivity contribution in [1.82, 2.24) is 34.7 Å². The monoisotopic (exact) mass is 488 g/mol. The van der Waals surface area contributed by atoms with Crippen LogP contribution >= 0.6 is 0 Å². The van der Waals surface area contributed by atoms with Gasteiger partial charge < -0.3 is 5.73 Å². The Hall–Kier alpha value is -4.92. The van der Waals surface area contributed by atoms with Crippen LogP contribution in [0.15, 0.2) is 85.3 Å². The highest BCUT2D eigenvalue weighted by Crippen LogP contribution is 2.30. The van der Waals surface area contributed by atoms with Gasteiger partial charge in [-0.15, -0.1) is 5.10 Å².